The number of hydrogen-bond donors (Lipinski definition) is 1. The second-order valence-electron chi connectivity index (χ2n) is 5.97. The summed E-state index contributed by atoms with van der Waals surface area (Å²) in [5.41, 5.74) is 5.95. The minimum absolute atomic E-state index is 0.158. The fraction of sp³-hybridized carbons (Fsp3) is 0.263. The van der Waals surface area contributed by atoms with Crippen molar-refractivity contribution < 1.29 is 9.63 Å². The number of carbonyl (C=O) groups excluding carboxylic acids is 1. The van der Waals surface area contributed by atoms with E-state index < -0.39 is 6.10 Å². The first kappa shape index (κ1) is 15.3. The molecule has 23 heavy (non-hydrogen) atoms. The number of nitrogens with one attached hydrogen (secondary N) is 1. The van der Waals surface area contributed by atoms with Gasteiger partial charge >= 0.3 is 0 Å². The number of anilines is 1. The molecule has 1 aliphatic heterocycles. The van der Waals surface area contributed by atoms with Gasteiger partial charge in [-0.1, -0.05) is 53.2 Å². The topological polar surface area (TPSA) is 50.7 Å². The van der Waals surface area contributed by atoms with E-state index in [2.05, 4.69) is 22.6 Å². The number of carbonyl (C=O) groups is 1. The third kappa shape index (κ3) is 3.26. The Morgan fingerprint density at radius 1 is 1.13 bits per heavy atom. The van der Waals surface area contributed by atoms with Crippen molar-refractivity contribution in [1.29, 1.82) is 0 Å². The van der Waals surface area contributed by atoms with Gasteiger partial charge in [0.25, 0.3) is 5.91 Å². The molecule has 3 rings (SSSR count). The molecular formula is C19H20N2O2. The Kier molecular flexibility index (Phi) is 4.15. The quantitative estimate of drug-likeness (QED) is 0.939. The van der Waals surface area contributed by atoms with Gasteiger partial charge in [0.1, 0.15) is 0 Å². The molecule has 4 heteroatoms. The fourth-order valence-corrected chi connectivity index (χ4v) is 2.90. The molecule has 2 aromatic rings. The van der Waals surface area contributed by atoms with Crippen molar-refractivity contribution in [1.82, 2.24) is 0 Å². The molecule has 0 spiro atoms. The number of rotatable bonds is 3. The van der Waals surface area contributed by atoms with E-state index in [1.807, 2.05) is 51.1 Å². The molecule has 0 saturated heterocycles. The smallest absolute Gasteiger partial charge is 0.268 e. The lowest BCUT2D eigenvalue weighted by atomic mass is 10.0. The van der Waals surface area contributed by atoms with Crippen molar-refractivity contribution in [3.63, 3.8) is 0 Å². The second-order valence-corrected chi connectivity index (χ2v) is 5.97. The summed E-state index contributed by atoms with van der Waals surface area (Å²) in [5.74, 6) is -0.158. The van der Waals surface area contributed by atoms with E-state index in [0.29, 0.717) is 6.42 Å². The zero-order valence-corrected chi connectivity index (χ0v) is 13.6. The van der Waals surface area contributed by atoms with Gasteiger partial charge in [0.05, 0.1) is 5.71 Å². The molecule has 0 saturated carbocycles. The van der Waals surface area contributed by atoms with E-state index in [1.54, 1.807) is 0 Å². The van der Waals surface area contributed by atoms with Crippen molar-refractivity contribution in [2.45, 2.75) is 33.3 Å². The number of hydrogen-bond acceptors (Lipinski definition) is 3. The number of benzene rings is 2. The summed E-state index contributed by atoms with van der Waals surface area (Å²) in [7, 11) is 0. The van der Waals surface area contributed by atoms with Crippen LogP contribution in [-0.4, -0.2) is 17.7 Å². The van der Waals surface area contributed by atoms with E-state index in [4.69, 9.17) is 4.84 Å². The summed E-state index contributed by atoms with van der Waals surface area (Å²) in [5, 5.41) is 7.05. The van der Waals surface area contributed by atoms with Crippen LogP contribution in [0.2, 0.25) is 0 Å². The number of amides is 1. The van der Waals surface area contributed by atoms with Crippen LogP contribution in [0.25, 0.3) is 0 Å². The Labute approximate surface area is 136 Å². The molecule has 1 amide bonds. The lowest BCUT2D eigenvalue weighted by Gasteiger charge is -2.14. The van der Waals surface area contributed by atoms with E-state index in [9.17, 15) is 4.79 Å². The first-order valence-corrected chi connectivity index (χ1v) is 7.71. The maximum atomic E-state index is 12.5. The highest BCUT2D eigenvalue weighted by molar-refractivity contribution is 6.06. The molecule has 1 unspecified atom stereocenters. The fourth-order valence-electron chi connectivity index (χ4n) is 2.90. The number of aryl methyl sites for hydroxylation is 3. The average molecular weight is 308 g/mol. The molecule has 0 bridgehead atoms. The van der Waals surface area contributed by atoms with E-state index in [0.717, 1.165) is 28.1 Å². The van der Waals surface area contributed by atoms with Gasteiger partial charge < -0.3 is 10.2 Å². The Morgan fingerprint density at radius 2 is 1.78 bits per heavy atom. The largest absolute Gasteiger partial charge is 0.382 e. The SMILES string of the molecule is Cc1cc(C)c(NC(=O)C2CC(c3ccccc3)=NO2)c(C)c1. The average Bonchev–Trinajstić information content (AvgIpc) is 3.01. The van der Waals surface area contributed by atoms with Crippen molar-refractivity contribution in [3.05, 3.63) is 64.7 Å². The van der Waals surface area contributed by atoms with Gasteiger partial charge in [-0.25, -0.2) is 0 Å². The summed E-state index contributed by atoms with van der Waals surface area (Å²) in [6.45, 7) is 6.04. The Balaban J connectivity index is 1.70. The van der Waals surface area contributed by atoms with Crippen LogP contribution in [0.1, 0.15) is 28.7 Å². The zero-order valence-electron chi connectivity index (χ0n) is 13.6. The molecule has 0 radical (unpaired) electrons. The summed E-state index contributed by atoms with van der Waals surface area (Å²) in [6, 6.07) is 13.9. The van der Waals surface area contributed by atoms with Crippen LogP contribution < -0.4 is 5.32 Å². The summed E-state index contributed by atoms with van der Waals surface area (Å²) in [6.07, 6.45) is -0.0925. The predicted molar refractivity (Wildman–Crippen MR) is 91.8 cm³/mol. The summed E-state index contributed by atoms with van der Waals surface area (Å²) < 4.78 is 0. The van der Waals surface area contributed by atoms with Crippen LogP contribution >= 0.6 is 0 Å². The van der Waals surface area contributed by atoms with Crippen LogP contribution in [0.4, 0.5) is 5.69 Å². The normalized spacial score (nSPS) is 16.7. The molecule has 1 atom stereocenters. The molecule has 1 aliphatic rings. The van der Waals surface area contributed by atoms with E-state index >= 15 is 0 Å². The van der Waals surface area contributed by atoms with Gasteiger partial charge in [0.15, 0.2) is 0 Å². The number of oxime groups is 1. The lowest BCUT2D eigenvalue weighted by Crippen LogP contribution is -2.28. The monoisotopic (exact) mass is 308 g/mol. The van der Waals surface area contributed by atoms with Crippen molar-refractivity contribution in [2.75, 3.05) is 5.32 Å². The zero-order chi connectivity index (χ0) is 16.4. The van der Waals surface area contributed by atoms with Gasteiger partial charge in [0.2, 0.25) is 6.10 Å². The van der Waals surface area contributed by atoms with Gasteiger partial charge in [-0.2, -0.15) is 0 Å². The molecule has 0 aromatic heterocycles. The molecule has 0 fully saturated rings. The maximum absolute atomic E-state index is 12.5. The molecule has 1 heterocycles. The van der Waals surface area contributed by atoms with Gasteiger partial charge in [-0.05, 0) is 37.5 Å². The van der Waals surface area contributed by atoms with Crippen molar-refractivity contribution in [3.8, 4) is 0 Å². The first-order chi connectivity index (χ1) is 11.0. The van der Waals surface area contributed by atoms with E-state index in [1.165, 1.54) is 5.56 Å². The van der Waals surface area contributed by atoms with Crippen LogP contribution in [0.3, 0.4) is 0 Å². The minimum Gasteiger partial charge on any atom is -0.382 e. The number of nitrogens with zero attached hydrogens (tertiary/aromatic N) is 1. The Hall–Kier alpha value is -2.62. The van der Waals surface area contributed by atoms with Gasteiger partial charge in [-0.15, -0.1) is 0 Å². The summed E-state index contributed by atoms with van der Waals surface area (Å²) >= 11 is 0. The molecule has 2 aromatic carbocycles. The van der Waals surface area contributed by atoms with Crippen LogP contribution in [0.5, 0.6) is 0 Å². The standard InChI is InChI=1S/C19H20N2O2/c1-12-9-13(2)18(14(3)10-12)20-19(22)17-11-16(21-23-17)15-7-5-4-6-8-15/h4-10,17H,11H2,1-3H3,(H,20,22). The summed E-state index contributed by atoms with van der Waals surface area (Å²) in [4.78, 5) is 17.8. The lowest BCUT2D eigenvalue weighted by molar-refractivity contribution is -0.125. The highest BCUT2D eigenvalue weighted by Crippen LogP contribution is 2.24. The highest BCUT2D eigenvalue weighted by atomic mass is 16.6. The molecule has 118 valence electrons. The molecule has 1 N–H and O–H groups in total. The van der Waals surface area contributed by atoms with Crippen LogP contribution in [0.15, 0.2) is 47.6 Å². The highest BCUT2D eigenvalue weighted by Gasteiger charge is 2.29. The van der Waals surface area contributed by atoms with Crippen LogP contribution in [0, 0.1) is 20.8 Å². The Morgan fingerprint density at radius 3 is 2.43 bits per heavy atom. The molecule has 0 aliphatic carbocycles. The predicted octanol–water partition coefficient (Wildman–Crippen LogP) is 3.74. The maximum Gasteiger partial charge on any atom is 0.268 e. The second kappa shape index (κ2) is 6.24. The minimum atomic E-state index is -0.578. The third-order valence-corrected chi connectivity index (χ3v) is 3.99. The van der Waals surface area contributed by atoms with Gasteiger partial charge in [-0.3, -0.25) is 4.79 Å². The van der Waals surface area contributed by atoms with Crippen LogP contribution in [-0.2, 0) is 9.63 Å². The van der Waals surface area contributed by atoms with Gasteiger partial charge in [0, 0.05) is 12.1 Å². The third-order valence-electron chi connectivity index (χ3n) is 3.99. The first-order valence-electron chi connectivity index (χ1n) is 7.71. The van der Waals surface area contributed by atoms with E-state index in [-0.39, 0.29) is 5.91 Å². The molecular weight excluding hydrogens is 288 g/mol. The van der Waals surface area contributed by atoms with Crippen molar-refractivity contribution in [2.24, 2.45) is 5.16 Å². The Bertz CT molecular complexity index is 743. The molecule has 4 nitrogen and oxygen atoms in total. The van der Waals surface area contributed by atoms with Crippen molar-refractivity contribution >= 4 is 17.3 Å².